The lowest BCUT2D eigenvalue weighted by Crippen LogP contribution is -2.32. The van der Waals surface area contributed by atoms with Crippen molar-refractivity contribution in [2.45, 2.75) is 20.3 Å². The van der Waals surface area contributed by atoms with Gasteiger partial charge in [-0.25, -0.2) is 4.39 Å². The smallest absolute Gasteiger partial charge is 0.226 e. The molecule has 0 spiro atoms. The largest absolute Gasteiger partial charge is 0.326 e. The molecule has 2 rings (SSSR count). The van der Waals surface area contributed by atoms with Crippen LogP contribution in [0.2, 0.25) is 0 Å². The Balaban J connectivity index is 2.03. The van der Waals surface area contributed by atoms with Gasteiger partial charge in [-0.15, -0.1) is 0 Å². The van der Waals surface area contributed by atoms with E-state index in [4.69, 9.17) is 0 Å². The molecule has 0 heterocycles. The van der Waals surface area contributed by atoms with Gasteiger partial charge in [-0.3, -0.25) is 9.59 Å². The van der Waals surface area contributed by atoms with Crippen LogP contribution in [0.1, 0.15) is 18.9 Å². The van der Waals surface area contributed by atoms with Crippen molar-refractivity contribution in [2.24, 2.45) is 0 Å². The number of hydrogen-bond acceptors (Lipinski definition) is 2. The number of nitrogens with one attached hydrogen (secondary N) is 1. The van der Waals surface area contributed by atoms with E-state index in [2.05, 4.69) is 21.2 Å². The van der Waals surface area contributed by atoms with E-state index >= 15 is 0 Å². The zero-order chi connectivity index (χ0) is 17.7. The minimum atomic E-state index is -0.413. The molecule has 2 aromatic carbocycles. The summed E-state index contributed by atoms with van der Waals surface area (Å²) in [6.45, 7) is 3.62. The van der Waals surface area contributed by atoms with Gasteiger partial charge in [0.15, 0.2) is 0 Å². The number of halogens is 2. The minimum Gasteiger partial charge on any atom is -0.326 e. The molecule has 2 amide bonds. The maximum Gasteiger partial charge on any atom is 0.226 e. The molecule has 4 nitrogen and oxygen atoms in total. The third-order valence-electron chi connectivity index (χ3n) is 3.50. The van der Waals surface area contributed by atoms with Crippen molar-refractivity contribution >= 4 is 39.1 Å². The average Bonchev–Trinajstić information content (AvgIpc) is 2.49. The zero-order valence-electron chi connectivity index (χ0n) is 13.5. The Hall–Kier alpha value is -2.21. The lowest BCUT2D eigenvalue weighted by Gasteiger charge is -2.23. The summed E-state index contributed by atoms with van der Waals surface area (Å²) in [7, 11) is 0. The van der Waals surface area contributed by atoms with Crippen LogP contribution in [-0.4, -0.2) is 18.4 Å². The fraction of sp³-hybridized carbons (Fsp3) is 0.222. The van der Waals surface area contributed by atoms with Crippen LogP contribution in [0.15, 0.2) is 46.9 Å². The molecule has 2 aromatic rings. The Bertz CT molecular complexity index is 764. The number of anilines is 2. The number of nitrogens with zero attached hydrogens (tertiary/aromatic N) is 1. The summed E-state index contributed by atoms with van der Waals surface area (Å²) in [6, 6.07) is 11.3. The van der Waals surface area contributed by atoms with Crippen LogP contribution in [0.5, 0.6) is 0 Å². The maximum atomic E-state index is 13.1. The fourth-order valence-corrected chi connectivity index (χ4v) is 2.85. The summed E-state index contributed by atoms with van der Waals surface area (Å²) in [5.41, 5.74) is 2.10. The Morgan fingerprint density at radius 2 is 1.96 bits per heavy atom. The third kappa shape index (κ3) is 4.89. The SMILES string of the molecule is CC(=O)N(CCC(=O)Nc1cccc(F)c1)c1ccc(Br)cc1C. The van der Waals surface area contributed by atoms with Crippen molar-refractivity contribution in [1.29, 1.82) is 0 Å². The molecule has 0 fully saturated rings. The van der Waals surface area contributed by atoms with E-state index in [0.29, 0.717) is 5.69 Å². The molecule has 0 aliphatic carbocycles. The maximum absolute atomic E-state index is 13.1. The standard InChI is InChI=1S/C18H18BrFN2O2/c1-12-10-14(19)6-7-17(12)22(13(2)23)9-8-18(24)21-16-5-3-4-15(20)11-16/h3-7,10-11H,8-9H2,1-2H3,(H,21,24). The van der Waals surface area contributed by atoms with Gasteiger partial charge in [0, 0.05) is 35.7 Å². The van der Waals surface area contributed by atoms with E-state index in [9.17, 15) is 14.0 Å². The number of aryl methyl sites for hydroxylation is 1. The molecule has 0 aromatic heterocycles. The quantitative estimate of drug-likeness (QED) is 0.825. The molecule has 0 atom stereocenters. The summed E-state index contributed by atoms with van der Waals surface area (Å²) in [5.74, 6) is -0.829. The molecule has 0 unspecified atom stereocenters. The second kappa shape index (κ2) is 8.06. The van der Waals surface area contributed by atoms with Crippen LogP contribution in [0.25, 0.3) is 0 Å². The molecule has 0 bridgehead atoms. The molecular weight excluding hydrogens is 375 g/mol. The molecule has 0 aliphatic heterocycles. The number of benzene rings is 2. The Kier molecular flexibility index (Phi) is 6.09. The number of carbonyl (C=O) groups excluding carboxylic acids is 2. The summed E-state index contributed by atoms with van der Waals surface area (Å²) < 4.78 is 14.1. The molecule has 0 saturated heterocycles. The van der Waals surface area contributed by atoms with Crippen molar-refractivity contribution in [1.82, 2.24) is 0 Å². The normalized spacial score (nSPS) is 10.3. The molecule has 0 saturated carbocycles. The first-order valence-electron chi connectivity index (χ1n) is 7.46. The summed E-state index contributed by atoms with van der Waals surface area (Å²) >= 11 is 3.39. The second-order valence-corrected chi connectivity index (χ2v) is 6.33. The van der Waals surface area contributed by atoms with Crippen molar-refractivity contribution in [2.75, 3.05) is 16.8 Å². The van der Waals surface area contributed by atoms with Gasteiger partial charge < -0.3 is 10.2 Å². The fourth-order valence-electron chi connectivity index (χ4n) is 2.37. The van der Waals surface area contributed by atoms with Crippen LogP contribution < -0.4 is 10.2 Å². The first-order valence-corrected chi connectivity index (χ1v) is 8.26. The van der Waals surface area contributed by atoms with Gasteiger partial charge in [-0.2, -0.15) is 0 Å². The summed E-state index contributed by atoms with van der Waals surface area (Å²) in [4.78, 5) is 25.5. The third-order valence-corrected chi connectivity index (χ3v) is 3.99. The topological polar surface area (TPSA) is 49.4 Å². The number of amides is 2. The van der Waals surface area contributed by atoms with Crippen molar-refractivity contribution < 1.29 is 14.0 Å². The van der Waals surface area contributed by atoms with Gasteiger partial charge in [0.1, 0.15) is 5.82 Å². The van der Waals surface area contributed by atoms with Gasteiger partial charge in [0.2, 0.25) is 11.8 Å². The highest BCUT2D eigenvalue weighted by molar-refractivity contribution is 9.10. The van der Waals surface area contributed by atoms with E-state index in [1.807, 2.05) is 25.1 Å². The first kappa shape index (κ1) is 18.1. The van der Waals surface area contributed by atoms with E-state index in [1.165, 1.54) is 25.1 Å². The van der Waals surface area contributed by atoms with E-state index in [0.717, 1.165) is 15.7 Å². The van der Waals surface area contributed by atoms with Crippen molar-refractivity contribution in [3.63, 3.8) is 0 Å². The van der Waals surface area contributed by atoms with Crippen LogP contribution in [0.4, 0.5) is 15.8 Å². The van der Waals surface area contributed by atoms with Crippen molar-refractivity contribution in [3.8, 4) is 0 Å². The summed E-state index contributed by atoms with van der Waals surface area (Å²) in [5, 5.41) is 2.63. The summed E-state index contributed by atoms with van der Waals surface area (Å²) in [6.07, 6.45) is 0.117. The van der Waals surface area contributed by atoms with E-state index < -0.39 is 5.82 Å². The van der Waals surface area contributed by atoms with Crippen LogP contribution >= 0.6 is 15.9 Å². The van der Waals surface area contributed by atoms with Crippen LogP contribution in [0.3, 0.4) is 0 Å². The van der Waals surface area contributed by atoms with Crippen LogP contribution in [-0.2, 0) is 9.59 Å². The van der Waals surface area contributed by atoms with Gasteiger partial charge in [0.05, 0.1) is 0 Å². The minimum absolute atomic E-state index is 0.117. The number of carbonyl (C=O) groups is 2. The van der Waals surface area contributed by atoms with Crippen LogP contribution in [0, 0.1) is 12.7 Å². The Morgan fingerprint density at radius 3 is 2.58 bits per heavy atom. The lowest BCUT2D eigenvalue weighted by atomic mass is 10.1. The lowest BCUT2D eigenvalue weighted by molar-refractivity contribution is -0.117. The Labute approximate surface area is 148 Å². The zero-order valence-corrected chi connectivity index (χ0v) is 15.1. The molecule has 24 heavy (non-hydrogen) atoms. The van der Waals surface area contributed by atoms with Gasteiger partial charge in [-0.1, -0.05) is 22.0 Å². The Morgan fingerprint density at radius 1 is 1.21 bits per heavy atom. The van der Waals surface area contributed by atoms with Gasteiger partial charge in [-0.05, 0) is 48.9 Å². The first-order chi connectivity index (χ1) is 11.4. The molecule has 126 valence electrons. The number of hydrogen-bond donors (Lipinski definition) is 1. The second-order valence-electron chi connectivity index (χ2n) is 5.41. The van der Waals surface area contributed by atoms with E-state index in [1.54, 1.807) is 11.0 Å². The highest BCUT2D eigenvalue weighted by Gasteiger charge is 2.15. The van der Waals surface area contributed by atoms with E-state index in [-0.39, 0.29) is 24.8 Å². The molecule has 0 radical (unpaired) electrons. The molecule has 0 aliphatic rings. The van der Waals surface area contributed by atoms with Crippen molar-refractivity contribution in [3.05, 3.63) is 58.3 Å². The van der Waals surface area contributed by atoms with Gasteiger partial charge >= 0.3 is 0 Å². The monoisotopic (exact) mass is 392 g/mol. The predicted molar refractivity (Wildman–Crippen MR) is 96.6 cm³/mol. The number of rotatable bonds is 5. The highest BCUT2D eigenvalue weighted by Crippen LogP contribution is 2.24. The predicted octanol–water partition coefficient (Wildman–Crippen LogP) is 4.28. The average molecular weight is 393 g/mol. The molecular formula is C18H18BrFN2O2. The highest BCUT2D eigenvalue weighted by atomic mass is 79.9. The van der Waals surface area contributed by atoms with Gasteiger partial charge in [0.25, 0.3) is 0 Å². The molecule has 1 N–H and O–H groups in total. The molecule has 6 heteroatoms.